The van der Waals surface area contributed by atoms with Crippen molar-refractivity contribution >= 4 is 6.09 Å². The second-order valence-corrected chi connectivity index (χ2v) is 4.57. The van der Waals surface area contributed by atoms with Gasteiger partial charge in [0.05, 0.1) is 7.11 Å². The van der Waals surface area contributed by atoms with Crippen molar-refractivity contribution in [1.82, 2.24) is 10.2 Å². The fourth-order valence-corrected chi connectivity index (χ4v) is 2.23. The van der Waals surface area contributed by atoms with Crippen LogP contribution in [0.2, 0.25) is 0 Å². The van der Waals surface area contributed by atoms with Gasteiger partial charge in [-0.15, -0.1) is 0 Å². The second kappa shape index (κ2) is 4.84. The van der Waals surface area contributed by atoms with Crippen molar-refractivity contribution in [3.63, 3.8) is 0 Å². The molecular weight excluding hydrogens is 192 g/mol. The third kappa shape index (κ3) is 2.84. The van der Waals surface area contributed by atoms with Crippen molar-refractivity contribution < 1.29 is 9.53 Å². The molecule has 0 aromatic carbocycles. The van der Waals surface area contributed by atoms with Gasteiger partial charge in [0.2, 0.25) is 0 Å². The summed E-state index contributed by atoms with van der Waals surface area (Å²) in [6.45, 7) is 3.03. The predicted molar refractivity (Wildman–Crippen MR) is 57.7 cm³/mol. The molecule has 86 valence electrons. The molecule has 1 unspecified atom stereocenters. The van der Waals surface area contributed by atoms with E-state index < -0.39 is 0 Å². The van der Waals surface area contributed by atoms with Crippen molar-refractivity contribution in [2.45, 2.75) is 31.7 Å². The van der Waals surface area contributed by atoms with Crippen LogP contribution in [0.4, 0.5) is 4.79 Å². The van der Waals surface area contributed by atoms with Gasteiger partial charge in [-0.05, 0) is 44.7 Å². The molecule has 2 rings (SSSR count). The summed E-state index contributed by atoms with van der Waals surface area (Å²) in [6, 6.07) is 0.458. The third-order valence-corrected chi connectivity index (χ3v) is 3.25. The summed E-state index contributed by atoms with van der Waals surface area (Å²) in [7, 11) is 1.47. The number of rotatable bonds is 3. The van der Waals surface area contributed by atoms with Gasteiger partial charge >= 0.3 is 6.09 Å². The molecule has 2 fully saturated rings. The van der Waals surface area contributed by atoms with E-state index >= 15 is 0 Å². The molecule has 1 saturated heterocycles. The lowest BCUT2D eigenvalue weighted by molar-refractivity contribution is 0.110. The first-order chi connectivity index (χ1) is 7.31. The zero-order valence-corrected chi connectivity index (χ0v) is 9.37. The number of methoxy groups -OCH3 is 1. The zero-order valence-electron chi connectivity index (χ0n) is 9.37. The molecule has 1 atom stereocenters. The van der Waals surface area contributed by atoms with Gasteiger partial charge in [-0.1, -0.05) is 0 Å². The molecule has 2 aliphatic rings. The molecule has 0 spiro atoms. The Morgan fingerprint density at radius 1 is 1.47 bits per heavy atom. The molecule has 0 bridgehead atoms. The highest BCUT2D eigenvalue weighted by Crippen LogP contribution is 2.28. The molecule has 1 aliphatic heterocycles. The van der Waals surface area contributed by atoms with Crippen LogP contribution in [0, 0.1) is 5.92 Å². The predicted octanol–water partition coefficient (Wildman–Crippen LogP) is 1.22. The molecule has 1 amide bonds. The maximum atomic E-state index is 11.6. The standard InChI is InChI=1S/C11H20N2O2/c1-15-11(14)13(10-4-5-10)8-9-3-2-6-12-7-9/h9-10,12H,2-8H2,1H3. The van der Waals surface area contributed by atoms with Crippen LogP contribution in [-0.4, -0.2) is 43.8 Å². The molecule has 4 nitrogen and oxygen atoms in total. The normalized spacial score (nSPS) is 26.1. The van der Waals surface area contributed by atoms with E-state index in [4.69, 9.17) is 4.74 Å². The fourth-order valence-electron chi connectivity index (χ4n) is 2.23. The van der Waals surface area contributed by atoms with E-state index in [2.05, 4.69) is 5.32 Å². The number of hydrogen-bond acceptors (Lipinski definition) is 3. The minimum absolute atomic E-state index is 0.150. The monoisotopic (exact) mass is 212 g/mol. The summed E-state index contributed by atoms with van der Waals surface area (Å²) < 4.78 is 4.82. The quantitative estimate of drug-likeness (QED) is 0.764. The van der Waals surface area contributed by atoms with E-state index in [1.54, 1.807) is 0 Å². The van der Waals surface area contributed by atoms with Crippen molar-refractivity contribution in [2.75, 3.05) is 26.7 Å². The lowest BCUT2D eigenvalue weighted by Gasteiger charge is -2.29. The van der Waals surface area contributed by atoms with Crippen molar-refractivity contribution in [1.29, 1.82) is 0 Å². The van der Waals surface area contributed by atoms with E-state index in [1.165, 1.54) is 20.0 Å². The Labute approximate surface area is 91.0 Å². The van der Waals surface area contributed by atoms with Gasteiger partial charge in [0.25, 0.3) is 0 Å². The first kappa shape index (κ1) is 10.7. The lowest BCUT2D eigenvalue weighted by Crippen LogP contribution is -2.42. The summed E-state index contributed by atoms with van der Waals surface area (Å²) in [4.78, 5) is 13.5. The van der Waals surface area contributed by atoms with Crippen LogP contribution in [0.5, 0.6) is 0 Å². The van der Waals surface area contributed by atoms with Gasteiger partial charge in [0.1, 0.15) is 0 Å². The highest BCUT2D eigenvalue weighted by Gasteiger charge is 2.34. The van der Waals surface area contributed by atoms with E-state index in [-0.39, 0.29) is 6.09 Å². The molecule has 0 radical (unpaired) electrons. The Morgan fingerprint density at radius 3 is 2.80 bits per heavy atom. The molecule has 0 aromatic rings. The van der Waals surface area contributed by atoms with Crippen LogP contribution < -0.4 is 5.32 Å². The molecular formula is C11H20N2O2. The Balaban J connectivity index is 1.84. The highest BCUT2D eigenvalue weighted by atomic mass is 16.5. The number of nitrogens with zero attached hydrogens (tertiary/aromatic N) is 1. The van der Waals surface area contributed by atoms with E-state index in [0.717, 1.165) is 32.5 Å². The number of amides is 1. The number of nitrogens with one attached hydrogen (secondary N) is 1. The summed E-state index contributed by atoms with van der Waals surface area (Å²) in [5.41, 5.74) is 0. The summed E-state index contributed by atoms with van der Waals surface area (Å²) in [5.74, 6) is 0.610. The molecule has 1 heterocycles. The van der Waals surface area contributed by atoms with Gasteiger partial charge in [-0.2, -0.15) is 0 Å². The number of piperidine rings is 1. The van der Waals surface area contributed by atoms with Gasteiger partial charge in [-0.25, -0.2) is 4.79 Å². The average molecular weight is 212 g/mol. The highest BCUT2D eigenvalue weighted by molar-refractivity contribution is 5.68. The Hall–Kier alpha value is -0.770. The SMILES string of the molecule is COC(=O)N(CC1CCCNC1)C1CC1. The largest absolute Gasteiger partial charge is 0.453 e. The van der Waals surface area contributed by atoms with Crippen molar-refractivity contribution in [3.8, 4) is 0 Å². The van der Waals surface area contributed by atoms with Crippen LogP contribution in [0.3, 0.4) is 0 Å². The minimum Gasteiger partial charge on any atom is -0.453 e. The molecule has 15 heavy (non-hydrogen) atoms. The summed E-state index contributed by atoms with van der Waals surface area (Å²) in [6.07, 6.45) is 4.60. The number of carbonyl (C=O) groups excluding carboxylic acids is 1. The lowest BCUT2D eigenvalue weighted by atomic mass is 9.99. The van der Waals surface area contributed by atoms with Crippen LogP contribution in [0.15, 0.2) is 0 Å². The van der Waals surface area contributed by atoms with E-state index in [1.807, 2.05) is 4.90 Å². The van der Waals surface area contributed by atoms with Gasteiger partial charge < -0.3 is 15.0 Å². The third-order valence-electron chi connectivity index (χ3n) is 3.25. The Kier molecular flexibility index (Phi) is 3.46. The number of hydrogen-bond donors (Lipinski definition) is 1. The fraction of sp³-hybridized carbons (Fsp3) is 0.909. The first-order valence-electron chi connectivity index (χ1n) is 5.86. The smallest absolute Gasteiger partial charge is 0.409 e. The topological polar surface area (TPSA) is 41.6 Å². The molecule has 1 aliphatic carbocycles. The van der Waals surface area contributed by atoms with Gasteiger partial charge in [-0.3, -0.25) is 0 Å². The Bertz CT molecular complexity index is 223. The van der Waals surface area contributed by atoms with Crippen LogP contribution >= 0.6 is 0 Å². The maximum Gasteiger partial charge on any atom is 0.409 e. The average Bonchev–Trinajstić information content (AvgIpc) is 3.10. The van der Waals surface area contributed by atoms with Crippen LogP contribution in [-0.2, 0) is 4.74 Å². The van der Waals surface area contributed by atoms with Gasteiger partial charge in [0, 0.05) is 12.6 Å². The maximum absolute atomic E-state index is 11.6. The number of ether oxygens (including phenoxy) is 1. The van der Waals surface area contributed by atoms with Crippen molar-refractivity contribution in [3.05, 3.63) is 0 Å². The van der Waals surface area contributed by atoms with E-state index in [0.29, 0.717) is 12.0 Å². The van der Waals surface area contributed by atoms with E-state index in [9.17, 15) is 4.79 Å². The zero-order chi connectivity index (χ0) is 10.7. The summed E-state index contributed by atoms with van der Waals surface area (Å²) in [5, 5.41) is 3.38. The second-order valence-electron chi connectivity index (χ2n) is 4.57. The summed E-state index contributed by atoms with van der Waals surface area (Å²) >= 11 is 0. The minimum atomic E-state index is -0.150. The molecule has 1 saturated carbocycles. The number of carbonyl (C=O) groups is 1. The Morgan fingerprint density at radius 2 is 2.27 bits per heavy atom. The molecule has 0 aromatic heterocycles. The van der Waals surface area contributed by atoms with Crippen molar-refractivity contribution in [2.24, 2.45) is 5.92 Å². The first-order valence-corrected chi connectivity index (χ1v) is 5.86. The van der Waals surface area contributed by atoms with Crippen LogP contribution in [0.1, 0.15) is 25.7 Å². The van der Waals surface area contributed by atoms with Gasteiger partial charge in [0.15, 0.2) is 0 Å². The van der Waals surface area contributed by atoms with Crippen LogP contribution in [0.25, 0.3) is 0 Å². The molecule has 1 N–H and O–H groups in total. The molecule has 4 heteroatoms.